The molecule has 0 aliphatic heterocycles. The summed E-state index contributed by atoms with van der Waals surface area (Å²) < 4.78 is 34.7. The zero-order valence-electron chi connectivity index (χ0n) is 58.3. The molecule has 2 unspecified atom stereocenters. The first-order valence-corrected chi connectivity index (χ1v) is 37.7. The standard InChI is InChI=1S/C80H134NO8P/c1-6-8-10-12-14-16-18-20-22-24-26-28-30-32-34-35-36-37-38-39-40-41-42-43-44-45-47-49-51-53-55-57-59-61-63-65-67-69-71-73-80(83)89-78(77-88-90(84,85)87-75-74-81(3,4)5)76-86-79(82)72-70-68-66-64-62-60-58-56-54-52-50-48-46-33-31-29-27-25-23-21-19-17-15-13-11-9-7-2/h8,10,14,16,19-22,25-28,32,34,36-37,39-40,42-43,45,47,51,53,57,59,78H,6-7,9,11-13,15,17-18,23-24,29-31,33,35,38,41,44,46,48-50,52,54-56,58,60-77H2,1-5H3/p+1/b10-8-,16-14-,21-19-,22-20-,27-25-,28-26-,34-32-,37-36-,40-39-,43-42-,47-45-,53-51-,59-57-. The smallest absolute Gasteiger partial charge is 0.462 e. The lowest BCUT2D eigenvalue weighted by molar-refractivity contribution is -0.870. The molecule has 2 atom stereocenters. The first-order chi connectivity index (χ1) is 44.0. The Morgan fingerprint density at radius 1 is 0.356 bits per heavy atom. The van der Waals surface area contributed by atoms with Crippen molar-refractivity contribution in [2.45, 2.75) is 290 Å². The number of phosphoric ester groups is 1. The van der Waals surface area contributed by atoms with Gasteiger partial charge >= 0.3 is 19.8 Å². The highest BCUT2D eigenvalue weighted by Gasteiger charge is 2.27. The fourth-order valence-corrected chi connectivity index (χ4v) is 10.3. The van der Waals surface area contributed by atoms with Crippen molar-refractivity contribution < 1.29 is 42.1 Å². The lowest BCUT2D eigenvalue weighted by Gasteiger charge is -2.24. The molecule has 0 aliphatic rings. The summed E-state index contributed by atoms with van der Waals surface area (Å²) >= 11 is 0. The summed E-state index contributed by atoms with van der Waals surface area (Å²) in [7, 11) is 1.45. The largest absolute Gasteiger partial charge is 0.472 e. The molecular weight excluding hydrogens is 1130 g/mol. The molecule has 0 aromatic rings. The molecule has 0 amide bonds. The number of esters is 2. The van der Waals surface area contributed by atoms with Crippen molar-refractivity contribution in [2.24, 2.45) is 0 Å². The average molecular weight is 1270 g/mol. The van der Waals surface area contributed by atoms with Gasteiger partial charge in [-0.3, -0.25) is 18.6 Å². The van der Waals surface area contributed by atoms with Gasteiger partial charge in [-0.2, -0.15) is 0 Å². The number of allylic oxidation sites excluding steroid dienone is 26. The SMILES string of the molecule is CC/C=C\C/C=C\C/C=C\C/C=C\C/C=C\C/C=C\C/C=C\C/C=C\C/C=C\C/C=C\C/C=C\CCCCCCCC(=O)OC(COC(=O)CCCCCCCCCCCCCCCCC/C=C\C/C=C\CCCCCCC)COP(=O)(O)OCC[N+](C)(C)C. The first kappa shape index (κ1) is 85.6. The van der Waals surface area contributed by atoms with Gasteiger partial charge in [-0.05, 0) is 128 Å². The van der Waals surface area contributed by atoms with E-state index in [1.54, 1.807) is 0 Å². The molecule has 0 radical (unpaired) electrons. The molecule has 512 valence electrons. The highest BCUT2D eigenvalue weighted by atomic mass is 31.2. The fraction of sp³-hybridized carbons (Fsp3) is 0.650. The van der Waals surface area contributed by atoms with Gasteiger partial charge in [0.1, 0.15) is 19.8 Å². The molecule has 1 N–H and O–H groups in total. The minimum absolute atomic E-state index is 0.0202. The van der Waals surface area contributed by atoms with Crippen LogP contribution in [0.1, 0.15) is 284 Å². The predicted octanol–water partition coefficient (Wildman–Crippen LogP) is 23.9. The second-order valence-corrected chi connectivity index (χ2v) is 26.3. The van der Waals surface area contributed by atoms with E-state index in [9.17, 15) is 19.0 Å². The van der Waals surface area contributed by atoms with E-state index in [0.29, 0.717) is 17.4 Å². The lowest BCUT2D eigenvalue weighted by Crippen LogP contribution is -2.37. The molecule has 10 heteroatoms. The second kappa shape index (κ2) is 69.0. The summed E-state index contributed by atoms with van der Waals surface area (Å²) in [6.07, 6.45) is 103. The molecule has 90 heavy (non-hydrogen) atoms. The Morgan fingerprint density at radius 3 is 0.944 bits per heavy atom. The van der Waals surface area contributed by atoms with Crippen molar-refractivity contribution in [3.63, 3.8) is 0 Å². The minimum Gasteiger partial charge on any atom is -0.462 e. The Bertz CT molecular complexity index is 2080. The molecule has 0 aliphatic carbocycles. The van der Waals surface area contributed by atoms with Crippen LogP contribution < -0.4 is 0 Å². The predicted molar refractivity (Wildman–Crippen MR) is 390 cm³/mol. The third-order valence-corrected chi connectivity index (χ3v) is 16.0. The van der Waals surface area contributed by atoms with Gasteiger partial charge in [0.2, 0.25) is 0 Å². The number of hydrogen-bond acceptors (Lipinski definition) is 7. The van der Waals surface area contributed by atoms with Gasteiger partial charge in [-0.1, -0.05) is 300 Å². The van der Waals surface area contributed by atoms with Gasteiger partial charge in [0.05, 0.1) is 27.7 Å². The zero-order chi connectivity index (χ0) is 65.5. The van der Waals surface area contributed by atoms with Gasteiger partial charge in [-0.25, -0.2) is 4.57 Å². The third kappa shape index (κ3) is 72.7. The van der Waals surface area contributed by atoms with E-state index in [-0.39, 0.29) is 32.0 Å². The molecule has 0 bridgehead atoms. The zero-order valence-corrected chi connectivity index (χ0v) is 59.2. The van der Waals surface area contributed by atoms with Crippen molar-refractivity contribution in [1.29, 1.82) is 0 Å². The van der Waals surface area contributed by atoms with Crippen LogP contribution in [0.4, 0.5) is 0 Å². The number of likely N-dealkylation sites (N-methyl/N-ethyl adjacent to an activating group) is 1. The van der Waals surface area contributed by atoms with Crippen LogP contribution in [0.5, 0.6) is 0 Å². The number of carbonyl (C=O) groups is 2. The number of nitrogens with zero attached hydrogens (tertiary/aromatic N) is 1. The van der Waals surface area contributed by atoms with Crippen LogP contribution in [0.15, 0.2) is 158 Å². The molecule has 0 saturated carbocycles. The number of rotatable bonds is 65. The molecule has 0 fully saturated rings. The van der Waals surface area contributed by atoms with Crippen molar-refractivity contribution >= 4 is 19.8 Å². The van der Waals surface area contributed by atoms with E-state index in [4.69, 9.17) is 18.5 Å². The van der Waals surface area contributed by atoms with E-state index in [1.807, 2.05) is 21.1 Å². The Labute approximate surface area is 554 Å². The van der Waals surface area contributed by atoms with Crippen molar-refractivity contribution in [1.82, 2.24) is 0 Å². The summed E-state index contributed by atoms with van der Waals surface area (Å²) in [5.74, 6) is -0.823. The molecule has 0 rings (SSSR count). The quantitative estimate of drug-likeness (QED) is 0.0211. The van der Waals surface area contributed by atoms with E-state index in [0.717, 1.165) is 128 Å². The second-order valence-electron chi connectivity index (χ2n) is 24.9. The molecule has 0 saturated heterocycles. The maximum atomic E-state index is 12.9. The van der Waals surface area contributed by atoms with Gasteiger partial charge in [0.25, 0.3) is 0 Å². The van der Waals surface area contributed by atoms with E-state index >= 15 is 0 Å². The third-order valence-electron chi connectivity index (χ3n) is 15.0. The van der Waals surface area contributed by atoms with Gasteiger partial charge in [0.15, 0.2) is 6.10 Å². The van der Waals surface area contributed by atoms with E-state index < -0.39 is 26.5 Å². The Morgan fingerprint density at radius 2 is 0.633 bits per heavy atom. The monoisotopic (exact) mass is 1270 g/mol. The van der Waals surface area contributed by atoms with Crippen LogP contribution in [0.25, 0.3) is 0 Å². The molecule has 0 aromatic heterocycles. The topological polar surface area (TPSA) is 108 Å². The van der Waals surface area contributed by atoms with Gasteiger partial charge in [-0.15, -0.1) is 0 Å². The molecule has 9 nitrogen and oxygen atoms in total. The molecule has 0 heterocycles. The molecular formula is C80H135NO8P+. The normalized spacial score (nSPS) is 14.1. The summed E-state index contributed by atoms with van der Waals surface area (Å²) in [5, 5.41) is 0. The Kier molecular flexibility index (Phi) is 65.6. The van der Waals surface area contributed by atoms with Crippen LogP contribution in [-0.2, 0) is 32.7 Å². The number of ether oxygens (including phenoxy) is 2. The van der Waals surface area contributed by atoms with E-state index in [1.165, 1.54) is 122 Å². The number of phosphoric acid groups is 1. The average Bonchev–Trinajstić information content (AvgIpc) is 3.58. The number of quaternary nitrogens is 1. The van der Waals surface area contributed by atoms with Crippen LogP contribution in [0, 0.1) is 0 Å². The van der Waals surface area contributed by atoms with E-state index in [2.05, 4.69) is 172 Å². The minimum atomic E-state index is -4.41. The van der Waals surface area contributed by atoms with Gasteiger partial charge < -0.3 is 18.9 Å². The highest BCUT2D eigenvalue weighted by Crippen LogP contribution is 2.43. The summed E-state index contributed by atoms with van der Waals surface area (Å²) in [6, 6.07) is 0. The number of carbonyl (C=O) groups excluding carboxylic acids is 2. The maximum Gasteiger partial charge on any atom is 0.472 e. The van der Waals surface area contributed by atoms with Crippen LogP contribution in [0.2, 0.25) is 0 Å². The van der Waals surface area contributed by atoms with Crippen molar-refractivity contribution in [3.8, 4) is 0 Å². The fourth-order valence-electron chi connectivity index (χ4n) is 9.52. The Balaban J connectivity index is 4.15. The lowest BCUT2D eigenvalue weighted by atomic mass is 10.0. The summed E-state index contributed by atoms with van der Waals surface area (Å²) in [5.41, 5.74) is 0. The molecule has 0 spiro atoms. The van der Waals surface area contributed by atoms with Crippen LogP contribution in [-0.4, -0.2) is 74.9 Å². The Hall–Kier alpha value is -4.37. The van der Waals surface area contributed by atoms with Crippen molar-refractivity contribution in [2.75, 3.05) is 47.5 Å². The van der Waals surface area contributed by atoms with Gasteiger partial charge in [0, 0.05) is 12.8 Å². The first-order valence-electron chi connectivity index (χ1n) is 36.2. The van der Waals surface area contributed by atoms with Crippen LogP contribution >= 0.6 is 7.82 Å². The van der Waals surface area contributed by atoms with Crippen molar-refractivity contribution in [3.05, 3.63) is 158 Å². The summed E-state index contributed by atoms with van der Waals surface area (Å²) in [6.45, 7) is 4.29. The number of unbranched alkanes of at least 4 members (excludes halogenated alkanes) is 25. The van der Waals surface area contributed by atoms with Crippen LogP contribution in [0.3, 0.4) is 0 Å². The summed E-state index contributed by atoms with van der Waals surface area (Å²) in [4.78, 5) is 35.9. The number of hydrogen-bond donors (Lipinski definition) is 1. The maximum absolute atomic E-state index is 12.9. The highest BCUT2D eigenvalue weighted by molar-refractivity contribution is 7.47. The molecule has 0 aromatic carbocycles.